The van der Waals surface area contributed by atoms with E-state index < -0.39 is 0 Å². The molecule has 2 amide bonds. The Morgan fingerprint density at radius 3 is 2.64 bits per heavy atom. The summed E-state index contributed by atoms with van der Waals surface area (Å²) in [7, 11) is 5.01. The van der Waals surface area contributed by atoms with Crippen molar-refractivity contribution >= 4 is 17.5 Å². The van der Waals surface area contributed by atoms with Crippen molar-refractivity contribution in [1.29, 1.82) is 0 Å². The summed E-state index contributed by atoms with van der Waals surface area (Å²) < 4.78 is 6.81. The molecule has 0 unspecified atom stereocenters. The third-order valence-corrected chi connectivity index (χ3v) is 4.82. The summed E-state index contributed by atoms with van der Waals surface area (Å²) >= 11 is 0. The lowest BCUT2D eigenvalue weighted by molar-refractivity contribution is -0.129. The van der Waals surface area contributed by atoms with Crippen LogP contribution in [0.4, 0.5) is 5.69 Å². The highest BCUT2D eigenvalue weighted by molar-refractivity contribution is 5.92. The van der Waals surface area contributed by atoms with Gasteiger partial charge in [0, 0.05) is 33.2 Å². The van der Waals surface area contributed by atoms with Crippen molar-refractivity contribution < 1.29 is 14.3 Å². The Bertz CT molecular complexity index is 827. The number of carbonyl (C=O) groups excluding carboxylic acids is 2. The van der Waals surface area contributed by atoms with Gasteiger partial charge in [-0.3, -0.25) is 9.59 Å². The highest BCUT2D eigenvalue weighted by atomic mass is 16.5. The van der Waals surface area contributed by atoms with E-state index in [4.69, 9.17) is 4.74 Å². The average Bonchev–Trinajstić information content (AvgIpc) is 3.17. The number of likely N-dealkylation sites (N-methyl/N-ethyl adjacent to an activating group) is 1. The first-order valence-corrected chi connectivity index (χ1v) is 9.27. The minimum atomic E-state index is -0.265. The van der Waals surface area contributed by atoms with Gasteiger partial charge in [-0.05, 0) is 25.0 Å². The smallest absolute Gasteiger partial charge is 0.273 e. The Balaban J connectivity index is 1.53. The molecule has 3 rings (SSSR count). The lowest BCUT2D eigenvalue weighted by Gasteiger charge is -2.34. The molecule has 9 heteroatoms. The molecule has 2 aromatic rings. The van der Waals surface area contributed by atoms with E-state index in [-0.39, 0.29) is 30.1 Å². The first-order chi connectivity index (χ1) is 13.5. The SMILES string of the molecule is COc1ccccc1N1CCC(NC(=O)c2cn(CC(=O)N(C)C)nn2)CC1. The van der Waals surface area contributed by atoms with Crippen LogP contribution in [-0.4, -0.2) is 72.0 Å². The van der Waals surface area contributed by atoms with E-state index in [1.807, 2.05) is 24.3 Å². The third kappa shape index (κ3) is 4.59. The molecule has 1 fully saturated rings. The molecule has 1 aliphatic rings. The van der Waals surface area contributed by atoms with Gasteiger partial charge in [-0.1, -0.05) is 17.3 Å². The Hall–Kier alpha value is -3.10. The van der Waals surface area contributed by atoms with Gasteiger partial charge >= 0.3 is 0 Å². The number of anilines is 1. The zero-order chi connectivity index (χ0) is 20.1. The molecule has 1 aliphatic heterocycles. The number of hydrogen-bond donors (Lipinski definition) is 1. The molecular formula is C19H26N6O3. The van der Waals surface area contributed by atoms with Crippen LogP contribution in [0.2, 0.25) is 0 Å². The maximum atomic E-state index is 12.4. The van der Waals surface area contributed by atoms with Crippen molar-refractivity contribution in [3.8, 4) is 5.75 Å². The lowest BCUT2D eigenvalue weighted by atomic mass is 10.0. The lowest BCUT2D eigenvalue weighted by Crippen LogP contribution is -2.44. The highest BCUT2D eigenvalue weighted by Crippen LogP contribution is 2.29. The molecule has 0 aliphatic carbocycles. The zero-order valence-corrected chi connectivity index (χ0v) is 16.5. The van der Waals surface area contributed by atoms with Crippen LogP contribution in [0, 0.1) is 0 Å². The summed E-state index contributed by atoms with van der Waals surface area (Å²) in [4.78, 5) is 27.9. The molecule has 28 heavy (non-hydrogen) atoms. The monoisotopic (exact) mass is 386 g/mol. The summed E-state index contributed by atoms with van der Waals surface area (Å²) in [5, 5.41) is 10.8. The number of amides is 2. The highest BCUT2D eigenvalue weighted by Gasteiger charge is 2.24. The molecule has 0 radical (unpaired) electrons. The van der Waals surface area contributed by atoms with E-state index in [0.717, 1.165) is 37.4 Å². The summed E-state index contributed by atoms with van der Waals surface area (Å²) in [6, 6.07) is 8.02. The molecule has 0 saturated carbocycles. The van der Waals surface area contributed by atoms with Crippen molar-refractivity contribution in [2.24, 2.45) is 0 Å². The zero-order valence-electron chi connectivity index (χ0n) is 16.5. The van der Waals surface area contributed by atoms with Gasteiger partial charge in [-0.15, -0.1) is 5.10 Å². The fourth-order valence-corrected chi connectivity index (χ4v) is 3.17. The number of benzene rings is 1. The van der Waals surface area contributed by atoms with Crippen LogP contribution >= 0.6 is 0 Å². The van der Waals surface area contributed by atoms with Gasteiger partial charge in [-0.2, -0.15) is 0 Å². The second kappa shape index (κ2) is 8.73. The largest absolute Gasteiger partial charge is 0.495 e. The van der Waals surface area contributed by atoms with Gasteiger partial charge < -0.3 is 19.9 Å². The van der Waals surface area contributed by atoms with Crippen LogP contribution in [0.15, 0.2) is 30.5 Å². The number of nitrogens with one attached hydrogen (secondary N) is 1. The second-order valence-corrected chi connectivity index (χ2v) is 7.00. The van der Waals surface area contributed by atoms with Crippen molar-refractivity contribution in [2.75, 3.05) is 39.2 Å². The first kappa shape index (κ1) is 19.7. The Morgan fingerprint density at radius 2 is 1.96 bits per heavy atom. The van der Waals surface area contributed by atoms with E-state index >= 15 is 0 Å². The minimum Gasteiger partial charge on any atom is -0.495 e. The molecule has 1 N–H and O–H groups in total. The minimum absolute atomic E-state index is 0.0601. The van der Waals surface area contributed by atoms with Crippen LogP contribution in [0.5, 0.6) is 5.75 Å². The number of methoxy groups -OCH3 is 1. The molecular weight excluding hydrogens is 360 g/mol. The van der Waals surface area contributed by atoms with E-state index in [0.29, 0.717) is 0 Å². The van der Waals surface area contributed by atoms with Crippen LogP contribution in [0.25, 0.3) is 0 Å². The fraction of sp³-hybridized carbons (Fsp3) is 0.474. The number of nitrogens with zero attached hydrogens (tertiary/aromatic N) is 5. The maximum Gasteiger partial charge on any atom is 0.273 e. The normalized spacial score (nSPS) is 14.6. The number of aromatic nitrogens is 3. The van der Waals surface area contributed by atoms with Crippen LogP contribution in [-0.2, 0) is 11.3 Å². The fourth-order valence-electron chi connectivity index (χ4n) is 3.17. The number of piperidine rings is 1. The quantitative estimate of drug-likeness (QED) is 0.789. The number of carbonyl (C=O) groups is 2. The molecule has 2 heterocycles. The molecule has 1 aromatic heterocycles. The van der Waals surface area contributed by atoms with Gasteiger partial charge in [0.15, 0.2) is 5.69 Å². The van der Waals surface area contributed by atoms with Gasteiger partial charge in [-0.25, -0.2) is 4.68 Å². The van der Waals surface area contributed by atoms with Crippen molar-refractivity contribution in [2.45, 2.75) is 25.4 Å². The van der Waals surface area contributed by atoms with Gasteiger partial charge in [0.1, 0.15) is 12.3 Å². The van der Waals surface area contributed by atoms with E-state index in [9.17, 15) is 9.59 Å². The Kier molecular flexibility index (Phi) is 6.13. The molecule has 1 saturated heterocycles. The van der Waals surface area contributed by atoms with Crippen LogP contribution in [0.1, 0.15) is 23.3 Å². The van der Waals surface area contributed by atoms with E-state index in [1.165, 1.54) is 15.8 Å². The van der Waals surface area contributed by atoms with E-state index in [1.54, 1.807) is 21.2 Å². The van der Waals surface area contributed by atoms with Gasteiger partial charge in [0.05, 0.1) is 19.0 Å². The standard InChI is InChI=1S/C19H26N6O3/c1-23(2)18(26)13-25-12-15(21-22-25)19(27)20-14-8-10-24(11-9-14)16-6-4-5-7-17(16)28-3/h4-7,12,14H,8-11,13H2,1-3H3,(H,20,27). The van der Waals surface area contributed by atoms with Gasteiger partial charge in [0.2, 0.25) is 5.91 Å². The van der Waals surface area contributed by atoms with Crippen molar-refractivity contribution in [1.82, 2.24) is 25.2 Å². The Morgan fingerprint density at radius 1 is 1.25 bits per heavy atom. The predicted molar refractivity (Wildman–Crippen MR) is 104 cm³/mol. The van der Waals surface area contributed by atoms with Crippen LogP contribution in [0.3, 0.4) is 0 Å². The third-order valence-electron chi connectivity index (χ3n) is 4.82. The second-order valence-electron chi connectivity index (χ2n) is 7.00. The van der Waals surface area contributed by atoms with Gasteiger partial charge in [0.25, 0.3) is 5.91 Å². The van der Waals surface area contributed by atoms with E-state index in [2.05, 4.69) is 20.5 Å². The number of rotatable bonds is 6. The molecule has 1 aromatic carbocycles. The van der Waals surface area contributed by atoms with Crippen molar-refractivity contribution in [3.63, 3.8) is 0 Å². The summed E-state index contributed by atoms with van der Waals surface area (Å²) in [6.07, 6.45) is 3.16. The predicted octanol–water partition coefficient (Wildman–Crippen LogP) is 0.774. The number of para-hydroxylation sites is 2. The number of hydrogen-bond acceptors (Lipinski definition) is 6. The molecule has 150 valence electrons. The molecule has 9 nitrogen and oxygen atoms in total. The number of ether oxygens (including phenoxy) is 1. The molecule has 0 spiro atoms. The average molecular weight is 386 g/mol. The maximum absolute atomic E-state index is 12.4. The molecule has 0 atom stereocenters. The Labute approximate surface area is 164 Å². The van der Waals surface area contributed by atoms with Crippen LogP contribution < -0.4 is 15.0 Å². The summed E-state index contributed by atoms with van der Waals surface area (Å²) in [6.45, 7) is 1.72. The molecule has 0 bridgehead atoms. The van der Waals surface area contributed by atoms with Crippen molar-refractivity contribution in [3.05, 3.63) is 36.2 Å². The summed E-state index contributed by atoms with van der Waals surface area (Å²) in [5.41, 5.74) is 1.29. The first-order valence-electron chi connectivity index (χ1n) is 9.27. The summed E-state index contributed by atoms with van der Waals surface area (Å²) in [5.74, 6) is 0.480. The topological polar surface area (TPSA) is 92.6 Å².